The summed E-state index contributed by atoms with van der Waals surface area (Å²) in [6.07, 6.45) is -0.387. The number of fused-ring (bicyclic) bond motifs is 2. The zero-order chi connectivity index (χ0) is 23.2. The number of ether oxygens (including phenoxy) is 1. The van der Waals surface area contributed by atoms with Gasteiger partial charge >= 0.3 is 6.18 Å². The van der Waals surface area contributed by atoms with Crippen LogP contribution in [-0.2, 0) is 6.42 Å². The minimum Gasteiger partial charge on any atom is -0.496 e. The average Bonchev–Trinajstić information content (AvgIpc) is 3.23. The van der Waals surface area contributed by atoms with E-state index >= 15 is 0 Å². The van der Waals surface area contributed by atoms with Gasteiger partial charge in [-0.3, -0.25) is 9.20 Å². The molecule has 1 aromatic carbocycles. The summed E-state index contributed by atoms with van der Waals surface area (Å²) < 4.78 is 46.0. The van der Waals surface area contributed by atoms with Crippen LogP contribution in [0.2, 0.25) is 0 Å². The Bertz CT molecular complexity index is 1180. The Kier molecular flexibility index (Phi) is 5.40. The molecule has 2 aromatic heterocycles. The van der Waals surface area contributed by atoms with Gasteiger partial charge in [-0.2, -0.15) is 13.2 Å². The smallest absolute Gasteiger partial charge is 0.406 e. The third-order valence-electron chi connectivity index (χ3n) is 6.20. The molecule has 3 aromatic rings. The van der Waals surface area contributed by atoms with Crippen LogP contribution >= 0.6 is 0 Å². The van der Waals surface area contributed by atoms with Crippen LogP contribution in [0, 0.1) is 0 Å². The number of hydrogen-bond acceptors (Lipinski definition) is 5. The maximum absolute atomic E-state index is 12.9. The van der Waals surface area contributed by atoms with Gasteiger partial charge in [0.1, 0.15) is 17.9 Å². The number of amides is 1. The molecule has 1 saturated heterocycles. The molecule has 0 saturated carbocycles. The Morgan fingerprint density at radius 3 is 2.67 bits per heavy atom. The first-order chi connectivity index (χ1) is 15.8. The van der Waals surface area contributed by atoms with Gasteiger partial charge in [0.25, 0.3) is 5.91 Å². The number of aromatic nitrogens is 2. The van der Waals surface area contributed by atoms with E-state index in [4.69, 9.17) is 4.74 Å². The summed E-state index contributed by atoms with van der Waals surface area (Å²) >= 11 is 0. The lowest BCUT2D eigenvalue weighted by molar-refractivity contribution is -0.141. The van der Waals surface area contributed by atoms with Crippen LogP contribution in [0.1, 0.15) is 15.9 Å². The van der Waals surface area contributed by atoms with Gasteiger partial charge in [-0.05, 0) is 30.2 Å². The molecule has 0 aliphatic carbocycles. The molecule has 7 nitrogen and oxygen atoms in total. The second-order valence-electron chi connectivity index (χ2n) is 8.30. The summed E-state index contributed by atoms with van der Waals surface area (Å²) in [7, 11) is 1.42. The molecule has 10 heteroatoms. The van der Waals surface area contributed by atoms with Gasteiger partial charge < -0.3 is 19.9 Å². The minimum absolute atomic E-state index is 0.0131. The molecule has 1 fully saturated rings. The Labute approximate surface area is 188 Å². The van der Waals surface area contributed by atoms with E-state index in [0.29, 0.717) is 12.0 Å². The number of methoxy groups -OCH3 is 1. The molecule has 0 spiro atoms. The van der Waals surface area contributed by atoms with Crippen molar-refractivity contribution in [2.75, 3.05) is 51.3 Å². The fourth-order valence-electron chi connectivity index (χ4n) is 4.61. The topological polar surface area (TPSA) is 62.1 Å². The van der Waals surface area contributed by atoms with E-state index in [-0.39, 0.29) is 17.9 Å². The van der Waals surface area contributed by atoms with Crippen molar-refractivity contribution in [3.8, 4) is 17.0 Å². The quantitative estimate of drug-likeness (QED) is 0.650. The molecule has 2 aliphatic heterocycles. The monoisotopic (exact) mass is 459 g/mol. The lowest BCUT2D eigenvalue weighted by Gasteiger charge is -2.30. The van der Waals surface area contributed by atoms with E-state index in [0.717, 1.165) is 53.7 Å². The summed E-state index contributed by atoms with van der Waals surface area (Å²) in [4.78, 5) is 20.5. The molecule has 33 heavy (non-hydrogen) atoms. The van der Waals surface area contributed by atoms with Crippen LogP contribution in [0.5, 0.6) is 5.75 Å². The van der Waals surface area contributed by atoms with E-state index in [2.05, 4.69) is 21.3 Å². The average molecular weight is 459 g/mol. The number of carbonyl (C=O) groups is 1. The van der Waals surface area contributed by atoms with E-state index in [9.17, 15) is 18.0 Å². The highest BCUT2D eigenvalue weighted by Gasteiger charge is 2.37. The number of imidazole rings is 1. The van der Waals surface area contributed by atoms with Crippen LogP contribution in [0.25, 0.3) is 16.9 Å². The molecule has 174 valence electrons. The number of anilines is 1. The number of halogens is 3. The number of rotatable bonds is 4. The Balaban J connectivity index is 1.50. The summed E-state index contributed by atoms with van der Waals surface area (Å²) in [5, 5.41) is 3.34. The van der Waals surface area contributed by atoms with Crippen molar-refractivity contribution in [2.24, 2.45) is 0 Å². The van der Waals surface area contributed by atoms with Gasteiger partial charge in [0.15, 0.2) is 0 Å². The van der Waals surface area contributed by atoms with Gasteiger partial charge in [-0.1, -0.05) is 0 Å². The maximum Gasteiger partial charge on any atom is 0.406 e. The lowest BCUT2D eigenvalue weighted by atomic mass is 9.94. The standard InChI is InChI=1S/C23H24F3N5O2/c1-33-19-11-16(10-15-2-6-30(14-23(24,25)26)22(32)21(15)19)18-13-28-20-12-17(3-7-31(18)20)29-8-4-27-5-9-29/h3,7,10-13,27H,2,4-6,8-9,14H2,1H3. The molecule has 0 unspecified atom stereocenters. The number of nitrogens with one attached hydrogen (secondary N) is 1. The van der Waals surface area contributed by atoms with Crippen LogP contribution < -0.4 is 15.0 Å². The molecule has 2 aliphatic rings. The summed E-state index contributed by atoms with van der Waals surface area (Å²) in [5.41, 5.74) is 4.41. The predicted octanol–water partition coefficient (Wildman–Crippen LogP) is 2.98. The van der Waals surface area contributed by atoms with Gasteiger partial charge in [0.05, 0.1) is 24.6 Å². The largest absolute Gasteiger partial charge is 0.496 e. The van der Waals surface area contributed by atoms with Crippen molar-refractivity contribution >= 4 is 17.2 Å². The number of benzene rings is 1. The van der Waals surface area contributed by atoms with Crippen molar-refractivity contribution in [1.29, 1.82) is 0 Å². The first-order valence-corrected chi connectivity index (χ1v) is 10.8. The molecule has 4 heterocycles. The van der Waals surface area contributed by atoms with E-state index in [1.165, 1.54) is 7.11 Å². The van der Waals surface area contributed by atoms with Crippen LogP contribution in [0.3, 0.4) is 0 Å². The maximum atomic E-state index is 12.9. The van der Waals surface area contributed by atoms with Crippen molar-refractivity contribution in [2.45, 2.75) is 12.6 Å². The van der Waals surface area contributed by atoms with Crippen molar-refractivity contribution in [3.05, 3.63) is 47.8 Å². The first kappa shape index (κ1) is 21.6. The highest BCUT2D eigenvalue weighted by Crippen LogP contribution is 2.35. The normalized spacial score (nSPS) is 16.9. The summed E-state index contributed by atoms with van der Waals surface area (Å²) in [6.45, 7) is 2.51. The summed E-state index contributed by atoms with van der Waals surface area (Å²) in [5.74, 6) is -0.387. The number of nitrogens with zero attached hydrogens (tertiary/aromatic N) is 4. The SMILES string of the molecule is COc1cc(-c2cnc3cc(N4CCNCC4)ccn23)cc2c1C(=O)N(CC(F)(F)F)CC2. The molecule has 0 radical (unpaired) electrons. The van der Waals surface area contributed by atoms with Crippen molar-refractivity contribution < 1.29 is 22.7 Å². The highest BCUT2D eigenvalue weighted by molar-refractivity contribution is 6.00. The molecule has 1 amide bonds. The zero-order valence-electron chi connectivity index (χ0n) is 18.2. The zero-order valence-corrected chi connectivity index (χ0v) is 18.2. The lowest BCUT2D eigenvalue weighted by Crippen LogP contribution is -2.43. The minimum atomic E-state index is -4.44. The summed E-state index contributed by atoms with van der Waals surface area (Å²) in [6, 6.07) is 7.65. The number of hydrogen-bond donors (Lipinski definition) is 1. The Hall–Kier alpha value is -3.27. The Morgan fingerprint density at radius 2 is 1.94 bits per heavy atom. The second-order valence-corrected chi connectivity index (χ2v) is 8.30. The third kappa shape index (κ3) is 4.10. The van der Waals surface area contributed by atoms with Gasteiger partial charge in [0, 0.05) is 56.2 Å². The van der Waals surface area contributed by atoms with Crippen molar-refractivity contribution in [3.63, 3.8) is 0 Å². The molecule has 5 rings (SSSR count). The van der Waals surface area contributed by atoms with Crippen LogP contribution in [-0.4, -0.2) is 72.7 Å². The fourth-order valence-corrected chi connectivity index (χ4v) is 4.61. The van der Waals surface area contributed by atoms with Crippen LogP contribution in [0.15, 0.2) is 36.7 Å². The number of piperazine rings is 1. The molecular weight excluding hydrogens is 435 g/mol. The van der Waals surface area contributed by atoms with E-state index in [1.54, 1.807) is 12.3 Å². The molecule has 0 bridgehead atoms. The molecule has 1 N–H and O–H groups in total. The molecular formula is C23H24F3N5O2. The number of alkyl halides is 3. The van der Waals surface area contributed by atoms with E-state index < -0.39 is 18.6 Å². The first-order valence-electron chi connectivity index (χ1n) is 10.8. The third-order valence-corrected chi connectivity index (χ3v) is 6.20. The van der Waals surface area contributed by atoms with Gasteiger partial charge in [-0.15, -0.1) is 0 Å². The number of carbonyl (C=O) groups excluding carboxylic acids is 1. The fraction of sp³-hybridized carbons (Fsp3) is 0.391. The highest BCUT2D eigenvalue weighted by atomic mass is 19.4. The van der Waals surface area contributed by atoms with Gasteiger partial charge in [0.2, 0.25) is 0 Å². The van der Waals surface area contributed by atoms with Crippen molar-refractivity contribution in [1.82, 2.24) is 19.6 Å². The van der Waals surface area contributed by atoms with E-state index in [1.807, 2.05) is 22.7 Å². The number of pyridine rings is 1. The predicted molar refractivity (Wildman–Crippen MR) is 118 cm³/mol. The molecule has 0 atom stereocenters. The van der Waals surface area contributed by atoms with Gasteiger partial charge in [-0.25, -0.2) is 4.98 Å². The Morgan fingerprint density at radius 1 is 1.15 bits per heavy atom. The van der Waals surface area contributed by atoms with Crippen LogP contribution in [0.4, 0.5) is 18.9 Å². The second kappa shape index (κ2) is 8.26.